The summed E-state index contributed by atoms with van der Waals surface area (Å²) in [5.41, 5.74) is 2.31. The van der Waals surface area contributed by atoms with Gasteiger partial charge in [0.15, 0.2) is 0 Å². The van der Waals surface area contributed by atoms with Crippen molar-refractivity contribution in [2.24, 2.45) is 0 Å². The fourth-order valence-corrected chi connectivity index (χ4v) is 3.76. The van der Waals surface area contributed by atoms with Crippen LogP contribution in [-0.4, -0.2) is 20.1 Å². The lowest BCUT2D eigenvalue weighted by Gasteiger charge is -2.10. The molecule has 0 spiro atoms. The topological polar surface area (TPSA) is 84.5 Å². The third-order valence-electron chi connectivity index (χ3n) is 4.41. The lowest BCUT2D eigenvalue weighted by atomic mass is 10.1. The second-order valence-corrected chi connectivity index (χ2v) is 7.48. The summed E-state index contributed by atoms with van der Waals surface area (Å²) in [7, 11) is 3.19. The van der Waals surface area contributed by atoms with Gasteiger partial charge in [-0.1, -0.05) is 6.07 Å². The number of nitriles is 1. The van der Waals surface area contributed by atoms with Gasteiger partial charge in [0.25, 0.3) is 5.91 Å². The minimum Gasteiger partial charge on any atom is -0.497 e. The molecule has 31 heavy (non-hydrogen) atoms. The summed E-state index contributed by atoms with van der Waals surface area (Å²) in [4.78, 5) is 12.5. The van der Waals surface area contributed by atoms with E-state index in [4.69, 9.17) is 13.9 Å². The molecule has 1 amide bonds. The van der Waals surface area contributed by atoms with Crippen LogP contribution in [0.2, 0.25) is 0 Å². The number of hydrogen-bond acceptors (Lipinski definition) is 6. The summed E-state index contributed by atoms with van der Waals surface area (Å²) in [6, 6.07) is 18.3. The Morgan fingerprint density at radius 3 is 2.58 bits per heavy atom. The lowest BCUT2D eigenvalue weighted by molar-refractivity contribution is -0.112. The van der Waals surface area contributed by atoms with Gasteiger partial charge in [0, 0.05) is 17.0 Å². The molecule has 0 aliphatic rings. The van der Waals surface area contributed by atoms with E-state index in [9.17, 15) is 10.1 Å². The second-order valence-electron chi connectivity index (χ2n) is 6.50. The Hall–Kier alpha value is -3.63. The first kappa shape index (κ1) is 22.1. The third kappa shape index (κ3) is 6.17. The van der Waals surface area contributed by atoms with Crippen LogP contribution in [-0.2, 0) is 16.3 Å². The SMILES string of the molecule is COc1ccc(NC(=O)C(C#N)=Cc2ccc(OC)c(CSCc3ccco3)c2)cc1. The molecule has 1 aromatic heterocycles. The van der Waals surface area contributed by atoms with Crippen LogP contribution in [0.1, 0.15) is 16.9 Å². The highest BCUT2D eigenvalue weighted by atomic mass is 32.2. The van der Waals surface area contributed by atoms with Crippen molar-refractivity contribution in [1.82, 2.24) is 0 Å². The number of nitrogens with one attached hydrogen (secondary N) is 1. The van der Waals surface area contributed by atoms with Crippen molar-refractivity contribution in [1.29, 1.82) is 5.26 Å². The summed E-state index contributed by atoms with van der Waals surface area (Å²) in [5.74, 6) is 3.31. The van der Waals surface area contributed by atoms with Crippen molar-refractivity contribution < 1.29 is 18.7 Å². The van der Waals surface area contributed by atoms with Gasteiger partial charge in [-0.25, -0.2) is 0 Å². The number of amides is 1. The minimum atomic E-state index is -0.475. The molecule has 158 valence electrons. The Morgan fingerprint density at radius 2 is 1.94 bits per heavy atom. The second kappa shape index (κ2) is 11.0. The molecule has 1 N–H and O–H groups in total. The highest BCUT2D eigenvalue weighted by Crippen LogP contribution is 2.27. The largest absolute Gasteiger partial charge is 0.497 e. The van der Waals surface area contributed by atoms with Crippen molar-refractivity contribution in [3.8, 4) is 17.6 Å². The van der Waals surface area contributed by atoms with E-state index in [0.29, 0.717) is 17.2 Å². The van der Waals surface area contributed by atoms with Gasteiger partial charge < -0.3 is 19.2 Å². The molecule has 2 aromatic carbocycles. The smallest absolute Gasteiger partial charge is 0.266 e. The van der Waals surface area contributed by atoms with Crippen molar-refractivity contribution >= 4 is 29.4 Å². The number of methoxy groups -OCH3 is 2. The number of carbonyl (C=O) groups is 1. The highest BCUT2D eigenvalue weighted by molar-refractivity contribution is 7.97. The Kier molecular flexibility index (Phi) is 7.79. The van der Waals surface area contributed by atoms with E-state index < -0.39 is 5.91 Å². The molecule has 0 aliphatic carbocycles. The van der Waals surface area contributed by atoms with E-state index >= 15 is 0 Å². The predicted molar refractivity (Wildman–Crippen MR) is 122 cm³/mol. The van der Waals surface area contributed by atoms with E-state index in [2.05, 4.69) is 5.32 Å². The molecule has 0 bridgehead atoms. The molecule has 7 heteroatoms. The summed E-state index contributed by atoms with van der Waals surface area (Å²) in [6.45, 7) is 0. The summed E-state index contributed by atoms with van der Waals surface area (Å²) in [5, 5.41) is 12.2. The standard InChI is InChI=1S/C24H22N2O4S/c1-28-21-8-6-20(7-9-21)26-24(27)18(14-25)12-17-5-10-23(29-2)19(13-17)15-31-16-22-4-3-11-30-22/h3-13H,15-16H2,1-2H3,(H,26,27). The van der Waals surface area contributed by atoms with E-state index in [0.717, 1.165) is 28.4 Å². The van der Waals surface area contributed by atoms with Crippen LogP contribution < -0.4 is 14.8 Å². The Morgan fingerprint density at radius 1 is 1.13 bits per heavy atom. The van der Waals surface area contributed by atoms with Crippen molar-refractivity contribution in [3.05, 3.63) is 83.3 Å². The molecule has 0 aliphatic heterocycles. The maximum Gasteiger partial charge on any atom is 0.266 e. The first-order valence-corrected chi connectivity index (χ1v) is 10.6. The predicted octanol–water partition coefficient (Wildman–Crippen LogP) is 5.28. The van der Waals surface area contributed by atoms with Gasteiger partial charge in [-0.3, -0.25) is 4.79 Å². The average molecular weight is 435 g/mol. The van der Waals surface area contributed by atoms with Crippen molar-refractivity contribution in [2.45, 2.75) is 11.5 Å². The van der Waals surface area contributed by atoms with Crippen LogP contribution in [0.5, 0.6) is 11.5 Å². The Bertz CT molecular complexity index is 1080. The average Bonchev–Trinajstić information content (AvgIpc) is 3.31. The monoisotopic (exact) mass is 434 g/mol. The van der Waals surface area contributed by atoms with Crippen LogP contribution in [0.3, 0.4) is 0 Å². The molecule has 0 saturated heterocycles. The summed E-state index contributed by atoms with van der Waals surface area (Å²) >= 11 is 1.69. The van der Waals surface area contributed by atoms with E-state index in [1.54, 1.807) is 62.6 Å². The summed E-state index contributed by atoms with van der Waals surface area (Å²) in [6.07, 6.45) is 3.22. The number of benzene rings is 2. The molecule has 0 fully saturated rings. The fraction of sp³-hybridized carbons (Fsp3) is 0.167. The van der Waals surface area contributed by atoms with Crippen LogP contribution >= 0.6 is 11.8 Å². The maximum absolute atomic E-state index is 12.5. The number of nitrogens with zero attached hydrogens (tertiary/aromatic N) is 1. The zero-order valence-electron chi connectivity index (χ0n) is 17.3. The maximum atomic E-state index is 12.5. The van der Waals surface area contributed by atoms with Gasteiger partial charge in [-0.2, -0.15) is 5.26 Å². The van der Waals surface area contributed by atoms with Gasteiger partial charge in [0.05, 0.1) is 26.2 Å². The van der Waals surface area contributed by atoms with Gasteiger partial charge in [-0.15, -0.1) is 11.8 Å². The summed E-state index contributed by atoms with van der Waals surface area (Å²) < 4.78 is 15.9. The molecule has 3 aromatic rings. The molecule has 1 heterocycles. The number of rotatable bonds is 9. The molecule has 0 radical (unpaired) electrons. The Labute approximate surface area is 185 Å². The first-order chi connectivity index (χ1) is 15.1. The normalized spacial score (nSPS) is 10.9. The van der Waals surface area contributed by atoms with Crippen LogP contribution in [0.25, 0.3) is 6.08 Å². The van der Waals surface area contributed by atoms with Crippen LogP contribution in [0, 0.1) is 11.3 Å². The lowest BCUT2D eigenvalue weighted by Crippen LogP contribution is -2.13. The number of furan rings is 1. The molecule has 6 nitrogen and oxygen atoms in total. The fourth-order valence-electron chi connectivity index (χ4n) is 2.85. The number of thioether (sulfide) groups is 1. The zero-order valence-corrected chi connectivity index (χ0v) is 18.1. The molecule has 0 unspecified atom stereocenters. The highest BCUT2D eigenvalue weighted by Gasteiger charge is 2.11. The van der Waals surface area contributed by atoms with Gasteiger partial charge in [0.1, 0.15) is 28.9 Å². The van der Waals surface area contributed by atoms with Gasteiger partial charge in [0.2, 0.25) is 0 Å². The molecule has 3 rings (SSSR count). The Balaban J connectivity index is 1.72. The van der Waals surface area contributed by atoms with E-state index in [1.807, 2.05) is 36.4 Å². The van der Waals surface area contributed by atoms with E-state index in [-0.39, 0.29) is 5.57 Å². The molecule has 0 atom stereocenters. The van der Waals surface area contributed by atoms with E-state index in [1.165, 1.54) is 0 Å². The molecular weight excluding hydrogens is 412 g/mol. The van der Waals surface area contributed by atoms with Gasteiger partial charge >= 0.3 is 0 Å². The van der Waals surface area contributed by atoms with Crippen LogP contribution in [0.4, 0.5) is 5.69 Å². The number of anilines is 1. The number of hydrogen-bond donors (Lipinski definition) is 1. The van der Waals surface area contributed by atoms with Crippen LogP contribution in [0.15, 0.2) is 70.9 Å². The van der Waals surface area contributed by atoms with Crippen molar-refractivity contribution in [2.75, 3.05) is 19.5 Å². The zero-order chi connectivity index (χ0) is 22.1. The van der Waals surface area contributed by atoms with Gasteiger partial charge in [-0.05, 0) is 60.2 Å². The minimum absolute atomic E-state index is 0.00942. The molecular formula is C24H22N2O4S. The third-order valence-corrected chi connectivity index (χ3v) is 5.41. The quantitative estimate of drug-likeness (QED) is 0.365. The first-order valence-electron chi connectivity index (χ1n) is 9.47. The number of ether oxygens (including phenoxy) is 2. The molecule has 0 saturated carbocycles. The van der Waals surface area contributed by atoms with Crippen molar-refractivity contribution in [3.63, 3.8) is 0 Å². The number of carbonyl (C=O) groups excluding carboxylic acids is 1.